The maximum atomic E-state index is 13.4. The largest absolute Gasteiger partial charge is 0.383 e. The lowest BCUT2D eigenvalue weighted by Crippen LogP contribution is -2.33. The molecule has 0 aromatic carbocycles. The van der Waals surface area contributed by atoms with Gasteiger partial charge in [0, 0.05) is 32.8 Å². The molecular weight excluding hydrogens is 362 g/mol. The van der Waals surface area contributed by atoms with Gasteiger partial charge in [-0.1, -0.05) is 25.7 Å². The summed E-state index contributed by atoms with van der Waals surface area (Å²) in [5, 5.41) is -0.00912. The Bertz CT molecular complexity index is 738. The molecule has 0 N–H and O–H groups in total. The molecule has 2 aliphatic carbocycles. The maximum Gasteiger partial charge on any atom is 0.228 e. The number of piperidine rings is 1. The molecule has 4 rings (SSSR count). The van der Waals surface area contributed by atoms with E-state index in [1.807, 2.05) is 4.57 Å². The zero-order valence-electron chi connectivity index (χ0n) is 16.5. The minimum absolute atomic E-state index is 0.269. The van der Waals surface area contributed by atoms with E-state index in [4.69, 9.17) is 4.74 Å². The number of rotatable bonds is 7. The summed E-state index contributed by atoms with van der Waals surface area (Å²) in [6.07, 6.45) is 11.6. The van der Waals surface area contributed by atoms with Gasteiger partial charge in [-0.15, -0.1) is 0 Å². The van der Waals surface area contributed by atoms with Gasteiger partial charge >= 0.3 is 0 Å². The summed E-state index contributed by atoms with van der Waals surface area (Å²) >= 11 is 0. The van der Waals surface area contributed by atoms with Crippen LogP contribution < -0.4 is 0 Å². The molecule has 2 bridgehead atoms. The summed E-state index contributed by atoms with van der Waals surface area (Å²) in [6, 6.07) is 0.669. The number of ether oxygens (including phenoxy) is 1. The van der Waals surface area contributed by atoms with E-state index < -0.39 is 9.84 Å². The third-order valence-corrected chi connectivity index (χ3v) is 8.99. The van der Waals surface area contributed by atoms with Crippen LogP contribution in [-0.4, -0.2) is 54.4 Å². The Morgan fingerprint density at radius 1 is 1.15 bits per heavy atom. The zero-order chi connectivity index (χ0) is 18.9. The van der Waals surface area contributed by atoms with Crippen molar-refractivity contribution in [3.8, 4) is 0 Å². The summed E-state index contributed by atoms with van der Waals surface area (Å²) in [5.41, 5.74) is 1.02. The van der Waals surface area contributed by atoms with Crippen LogP contribution in [-0.2, 0) is 27.7 Å². The Balaban J connectivity index is 1.58. The average molecular weight is 396 g/mol. The molecule has 6 nitrogen and oxygen atoms in total. The summed E-state index contributed by atoms with van der Waals surface area (Å²) in [5.74, 6) is 0.833. The molecule has 2 atom stereocenters. The number of methoxy groups -OCH3 is 1. The van der Waals surface area contributed by atoms with Crippen LogP contribution >= 0.6 is 0 Å². The Labute approximate surface area is 163 Å². The number of hydrogen-bond acceptors (Lipinski definition) is 5. The summed E-state index contributed by atoms with van der Waals surface area (Å²) in [7, 11) is -1.73. The highest BCUT2D eigenvalue weighted by atomic mass is 32.2. The first-order chi connectivity index (χ1) is 13.1. The molecule has 2 heterocycles. The predicted octanol–water partition coefficient (Wildman–Crippen LogP) is 3.01. The van der Waals surface area contributed by atoms with Gasteiger partial charge in [-0.25, -0.2) is 13.4 Å². The Hall–Kier alpha value is -0.920. The SMILES string of the molecule is COCCn1c(CN2C[C@H]3CC[C@H]2C3)cnc1S(=O)(=O)C1CCCCCC1. The number of sulfone groups is 1. The molecule has 7 heteroatoms. The fourth-order valence-electron chi connectivity index (χ4n) is 5.30. The highest BCUT2D eigenvalue weighted by Gasteiger charge is 2.38. The van der Waals surface area contributed by atoms with Gasteiger partial charge in [0.15, 0.2) is 0 Å². The monoisotopic (exact) mass is 395 g/mol. The first kappa shape index (κ1) is 19.4. The standard InChI is InChI=1S/C20H33N3O3S/c1-26-11-10-23-18(15-22-14-16-8-9-17(22)12-16)13-21-20(23)27(24,25)19-6-4-2-3-5-7-19/h13,16-17,19H,2-12,14-15H2,1H3/t16-,17-/m0/s1. The van der Waals surface area contributed by atoms with Gasteiger partial charge < -0.3 is 9.30 Å². The van der Waals surface area contributed by atoms with Crippen molar-refractivity contribution in [2.24, 2.45) is 5.92 Å². The molecule has 3 aliphatic rings. The first-order valence-corrected chi connectivity index (χ1v) is 12.2. The van der Waals surface area contributed by atoms with Crippen molar-refractivity contribution >= 4 is 9.84 Å². The van der Waals surface area contributed by atoms with Gasteiger partial charge in [-0.05, 0) is 38.0 Å². The fraction of sp³-hybridized carbons (Fsp3) is 0.850. The lowest BCUT2D eigenvalue weighted by atomic mass is 10.1. The second-order valence-electron chi connectivity index (χ2n) is 8.60. The van der Waals surface area contributed by atoms with Crippen LogP contribution in [0.25, 0.3) is 0 Å². The molecule has 0 amide bonds. The number of nitrogens with zero attached hydrogens (tertiary/aromatic N) is 3. The molecule has 1 aromatic rings. The molecule has 0 radical (unpaired) electrons. The topological polar surface area (TPSA) is 64.4 Å². The third kappa shape index (κ3) is 3.96. The molecule has 0 unspecified atom stereocenters. The molecular formula is C20H33N3O3S. The number of imidazole rings is 1. The van der Waals surface area contributed by atoms with E-state index in [0.29, 0.717) is 19.2 Å². The summed E-state index contributed by atoms with van der Waals surface area (Å²) in [6.45, 7) is 3.00. The number of hydrogen-bond donors (Lipinski definition) is 0. The molecule has 27 heavy (non-hydrogen) atoms. The normalized spacial score (nSPS) is 27.3. The van der Waals surface area contributed by atoms with Crippen molar-refractivity contribution in [3.63, 3.8) is 0 Å². The highest BCUT2D eigenvalue weighted by Crippen LogP contribution is 2.38. The maximum absolute atomic E-state index is 13.4. The second-order valence-corrected chi connectivity index (χ2v) is 10.7. The Morgan fingerprint density at radius 3 is 2.56 bits per heavy atom. The molecule has 1 aliphatic heterocycles. The van der Waals surface area contributed by atoms with Gasteiger partial charge in [-0.3, -0.25) is 4.90 Å². The van der Waals surface area contributed by atoms with E-state index in [1.165, 1.54) is 19.3 Å². The second kappa shape index (κ2) is 8.21. The number of likely N-dealkylation sites (tertiary alicyclic amines) is 1. The van der Waals surface area contributed by atoms with Crippen LogP contribution in [0.5, 0.6) is 0 Å². The van der Waals surface area contributed by atoms with Crippen LogP contribution in [0.4, 0.5) is 0 Å². The lowest BCUT2D eigenvalue weighted by Gasteiger charge is -2.27. The van der Waals surface area contributed by atoms with Gasteiger partial charge in [0.05, 0.1) is 23.7 Å². The molecule has 1 aromatic heterocycles. The predicted molar refractivity (Wildman–Crippen MR) is 104 cm³/mol. The van der Waals surface area contributed by atoms with Crippen LogP contribution in [0.2, 0.25) is 0 Å². The van der Waals surface area contributed by atoms with Gasteiger partial charge in [0.25, 0.3) is 0 Å². The van der Waals surface area contributed by atoms with Crippen molar-refractivity contribution in [1.29, 1.82) is 0 Å². The quantitative estimate of drug-likeness (QED) is 0.664. The molecule has 3 fully saturated rings. The minimum Gasteiger partial charge on any atom is -0.383 e. The molecule has 152 valence electrons. The molecule has 0 spiro atoms. The van der Waals surface area contributed by atoms with Gasteiger partial charge in [0.1, 0.15) is 0 Å². The van der Waals surface area contributed by atoms with E-state index in [2.05, 4.69) is 9.88 Å². The Kier molecular flexibility index (Phi) is 5.90. The summed E-state index contributed by atoms with van der Waals surface area (Å²) < 4.78 is 33.9. The van der Waals surface area contributed by atoms with Crippen molar-refractivity contribution in [2.75, 3.05) is 20.3 Å². The third-order valence-electron chi connectivity index (χ3n) is 6.80. The first-order valence-electron chi connectivity index (χ1n) is 10.6. The highest BCUT2D eigenvalue weighted by molar-refractivity contribution is 7.91. The van der Waals surface area contributed by atoms with Crippen LogP contribution in [0, 0.1) is 5.92 Å². The molecule has 2 saturated carbocycles. The smallest absolute Gasteiger partial charge is 0.228 e. The number of aromatic nitrogens is 2. The Morgan fingerprint density at radius 2 is 1.93 bits per heavy atom. The van der Waals surface area contributed by atoms with Crippen LogP contribution in [0.1, 0.15) is 63.5 Å². The van der Waals surface area contributed by atoms with E-state index >= 15 is 0 Å². The summed E-state index contributed by atoms with van der Waals surface area (Å²) in [4.78, 5) is 6.97. The number of fused-ring (bicyclic) bond motifs is 2. The van der Waals surface area contributed by atoms with Gasteiger partial charge in [-0.2, -0.15) is 0 Å². The van der Waals surface area contributed by atoms with E-state index in [0.717, 1.165) is 63.2 Å². The van der Waals surface area contributed by atoms with Crippen molar-refractivity contribution in [3.05, 3.63) is 11.9 Å². The van der Waals surface area contributed by atoms with Crippen molar-refractivity contribution < 1.29 is 13.2 Å². The van der Waals surface area contributed by atoms with E-state index in [1.54, 1.807) is 13.3 Å². The minimum atomic E-state index is -3.39. The van der Waals surface area contributed by atoms with Crippen molar-refractivity contribution in [2.45, 2.75) is 87.3 Å². The van der Waals surface area contributed by atoms with E-state index in [-0.39, 0.29) is 10.4 Å². The van der Waals surface area contributed by atoms with E-state index in [9.17, 15) is 8.42 Å². The van der Waals surface area contributed by atoms with Crippen molar-refractivity contribution in [1.82, 2.24) is 14.5 Å². The molecule has 1 saturated heterocycles. The fourth-order valence-corrected chi connectivity index (χ4v) is 7.26. The lowest BCUT2D eigenvalue weighted by molar-refractivity contribution is 0.175. The average Bonchev–Trinajstić information content (AvgIpc) is 3.31. The van der Waals surface area contributed by atoms with Crippen LogP contribution in [0.3, 0.4) is 0 Å². The van der Waals surface area contributed by atoms with Gasteiger partial charge in [0.2, 0.25) is 15.0 Å². The zero-order valence-corrected chi connectivity index (χ0v) is 17.3. The van der Waals surface area contributed by atoms with Crippen LogP contribution in [0.15, 0.2) is 11.4 Å².